The minimum atomic E-state index is -0.798. The van der Waals surface area contributed by atoms with Crippen molar-refractivity contribution in [1.29, 1.82) is 0 Å². The number of amides is 1. The molecule has 0 heterocycles. The molecule has 3 N–H and O–H groups in total. The van der Waals surface area contributed by atoms with E-state index in [1.807, 2.05) is 0 Å². The van der Waals surface area contributed by atoms with Gasteiger partial charge in [0.25, 0.3) is 0 Å². The van der Waals surface area contributed by atoms with Crippen molar-refractivity contribution < 1.29 is 24.5 Å². The van der Waals surface area contributed by atoms with Gasteiger partial charge in [0.05, 0.1) is 25.2 Å². The molecule has 0 radical (unpaired) electrons. The molecule has 1 amide bonds. The summed E-state index contributed by atoms with van der Waals surface area (Å²) >= 11 is 0. The Kier molecular flexibility index (Phi) is 46.2. The zero-order chi connectivity index (χ0) is 44.5. The third-order valence-electron chi connectivity index (χ3n) is 11.3. The van der Waals surface area contributed by atoms with E-state index in [9.17, 15) is 19.8 Å². The maximum atomic E-state index is 13.2. The Labute approximate surface area is 377 Å². The minimum absolute atomic E-state index is 0.0551. The zero-order valence-electron chi connectivity index (χ0n) is 40.0. The molecule has 0 bridgehead atoms. The van der Waals surface area contributed by atoms with E-state index >= 15 is 0 Å². The molecule has 0 rings (SSSR count). The third-order valence-corrected chi connectivity index (χ3v) is 11.3. The quantitative estimate of drug-likeness (QED) is 0.0245. The van der Waals surface area contributed by atoms with E-state index in [0.29, 0.717) is 19.3 Å². The molecule has 0 spiro atoms. The van der Waals surface area contributed by atoms with Crippen LogP contribution in [0.2, 0.25) is 0 Å². The number of nitrogens with one attached hydrogen (secondary N) is 1. The molecular formula is C55H97NO5. The first kappa shape index (κ1) is 58.3. The first-order valence-corrected chi connectivity index (χ1v) is 25.7. The molecule has 0 saturated carbocycles. The fourth-order valence-corrected chi connectivity index (χ4v) is 7.50. The molecule has 3 unspecified atom stereocenters. The number of carbonyl (C=O) groups excluding carboxylic acids is 2. The highest BCUT2D eigenvalue weighted by atomic mass is 16.5. The van der Waals surface area contributed by atoms with Crippen molar-refractivity contribution in [2.75, 3.05) is 6.61 Å². The van der Waals surface area contributed by atoms with Crippen LogP contribution in [-0.2, 0) is 14.3 Å². The van der Waals surface area contributed by atoms with Gasteiger partial charge in [-0.05, 0) is 77.0 Å². The number of esters is 1. The molecule has 0 aromatic heterocycles. The van der Waals surface area contributed by atoms with E-state index < -0.39 is 18.2 Å². The lowest BCUT2D eigenvalue weighted by Crippen LogP contribution is -2.46. The van der Waals surface area contributed by atoms with Crippen LogP contribution in [0.4, 0.5) is 0 Å². The van der Waals surface area contributed by atoms with Gasteiger partial charge in [0, 0.05) is 6.42 Å². The summed E-state index contributed by atoms with van der Waals surface area (Å²) in [5.74, 6) is -0.511. The summed E-state index contributed by atoms with van der Waals surface area (Å²) in [6.07, 6.45) is 61.0. The fourth-order valence-electron chi connectivity index (χ4n) is 7.50. The molecule has 0 aliphatic rings. The molecule has 0 aliphatic carbocycles. The second-order valence-electron chi connectivity index (χ2n) is 17.2. The molecule has 352 valence electrons. The van der Waals surface area contributed by atoms with E-state index in [4.69, 9.17) is 4.74 Å². The summed E-state index contributed by atoms with van der Waals surface area (Å²) in [6, 6.07) is -0.714. The van der Waals surface area contributed by atoms with Gasteiger partial charge in [-0.1, -0.05) is 222 Å². The molecule has 6 heteroatoms. The van der Waals surface area contributed by atoms with Gasteiger partial charge in [-0.25, -0.2) is 0 Å². The standard InChI is InChI=1S/C55H97NO5/c1-4-7-10-13-16-19-22-25-27-30-33-36-39-42-45-48-55(60)61-51(46-43-40-37-34-31-29-26-23-20-17-14-11-8-5-2)49-54(59)56-52(50-57)53(58)47-44-41-38-35-32-28-24-21-18-15-12-9-6-3/h7-8,10-11,13,16-17,19-20,22,26,29,51-53,57-58H,4-6,9,12,14-15,18,21,23-25,27-28,30-50H2,1-3H3,(H,56,59)/b10-7+,11-8+,16-13+,20-17+,22-19+,29-26+. The molecule has 3 atom stereocenters. The van der Waals surface area contributed by atoms with E-state index in [-0.39, 0.29) is 24.9 Å². The third kappa shape index (κ3) is 43.7. The van der Waals surface area contributed by atoms with Gasteiger partial charge in [-0.15, -0.1) is 0 Å². The van der Waals surface area contributed by atoms with Gasteiger partial charge in [0.2, 0.25) is 5.91 Å². The highest BCUT2D eigenvalue weighted by Crippen LogP contribution is 2.17. The smallest absolute Gasteiger partial charge is 0.306 e. The van der Waals surface area contributed by atoms with Crippen LogP contribution < -0.4 is 5.32 Å². The summed E-state index contributed by atoms with van der Waals surface area (Å²) in [4.78, 5) is 26.1. The van der Waals surface area contributed by atoms with Crippen molar-refractivity contribution in [2.24, 2.45) is 0 Å². The number of ether oxygens (including phenoxy) is 1. The first-order valence-electron chi connectivity index (χ1n) is 25.7. The number of carbonyl (C=O) groups is 2. The SMILES string of the molecule is CC/C=C/C=C/C=C/CCCCCCCCCC(=O)OC(CCCCCC/C=C/C/C=C/C/C=C/CC)CC(=O)NC(CO)C(O)CCCCCCCCCCCCCCC. The van der Waals surface area contributed by atoms with Crippen LogP contribution in [0, 0.1) is 0 Å². The summed E-state index contributed by atoms with van der Waals surface area (Å²) in [5, 5.41) is 23.8. The molecule has 0 aromatic rings. The van der Waals surface area contributed by atoms with Crippen molar-refractivity contribution in [1.82, 2.24) is 5.32 Å². The van der Waals surface area contributed by atoms with Crippen molar-refractivity contribution in [3.05, 3.63) is 72.9 Å². The van der Waals surface area contributed by atoms with Crippen molar-refractivity contribution in [2.45, 2.75) is 257 Å². The number of aliphatic hydroxyl groups is 2. The Morgan fingerprint density at radius 1 is 0.508 bits per heavy atom. The van der Waals surface area contributed by atoms with Crippen LogP contribution in [0.5, 0.6) is 0 Å². The van der Waals surface area contributed by atoms with Gasteiger partial charge < -0.3 is 20.3 Å². The number of hydrogen-bond donors (Lipinski definition) is 3. The van der Waals surface area contributed by atoms with Crippen molar-refractivity contribution >= 4 is 11.9 Å². The summed E-state index contributed by atoms with van der Waals surface area (Å²) in [5.41, 5.74) is 0. The van der Waals surface area contributed by atoms with Gasteiger partial charge in [-0.2, -0.15) is 0 Å². The number of unbranched alkanes of at least 4 members (excludes halogenated alkanes) is 23. The highest BCUT2D eigenvalue weighted by Gasteiger charge is 2.24. The Balaban J connectivity index is 4.64. The Hall–Kier alpha value is -2.70. The number of hydrogen-bond acceptors (Lipinski definition) is 5. The predicted octanol–water partition coefficient (Wildman–Crippen LogP) is 15.4. The second kappa shape index (κ2) is 48.3. The predicted molar refractivity (Wildman–Crippen MR) is 264 cm³/mol. The summed E-state index contributed by atoms with van der Waals surface area (Å²) in [7, 11) is 0. The fraction of sp³-hybridized carbons (Fsp3) is 0.745. The van der Waals surface area contributed by atoms with E-state index in [0.717, 1.165) is 103 Å². The van der Waals surface area contributed by atoms with E-state index in [2.05, 4.69) is 99.0 Å². The zero-order valence-corrected chi connectivity index (χ0v) is 40.0. The van der Waals surface area contributed by atoms with Crippen LogP contribution >= 0.6 is 0 Å². The van der Waals surface area contributed by atoms with Crippen LogP contribution in [0.15, 0.2) is 72.9 Å². The van der Waals surface area contributed by atoms with Gasteiger partial charge in [0.1, 0.15) is 6.10 Å². The maximum Gasteiger partial charge on any atom is 0.306 e. The molecule has 0 aliphatic heterocycles. The number of aliphatic hydroxyl groups excluding tert-OH is 2. The van der Waals surface area contributed by atoms with Crippen LogP contribution in [0.25, 0.3) is 0 Å². The molecule has 61 heavy (non-hydrogen) atoms. The molecule has 0 saturated heterocycles. The summed E-state index contributed by atoms with van der Waals surface area (Å²) < 4.78 is 5.92. The monoisotopic (exact) mass is 852 g/mol. The second-order valence-corrected chi connectivity index (χ2v) is 17.2. The number of allylic oxidation sites excluding steroid dienone is 12. The molecule has 0 aromatic carbocycles. The Morgan fingerprint density at radius 2 is 0.967 bits per heavy atom. The topological polar surface area (TPSA) is 95.9 Å². The van der Waals surface area contributed by atoms with Crippen LogP contribution in [0.1, 0.15) is 239 Å². The Bertz CT molecular complexity index is 1140. The summed E-state index contributed by atoms with van der Waals surface area (Å²) in [6.45, 7) is 6.23. The van der Waals surface area contributed by atoms with Gasteiger partial charge in [-0.3, -0.25) is 9.59 Å². The average molecular weight is 852 g/mol. The number of rotatable bonds is 45. The lowest BCUT2D eigenvalue weighted by molar-refractivity contribution is -0.151. The average Bonchev–Trinajstić information content (AvgIpc) is 3.25. The highest BCUT2D eigenvalue weighted by molar-refractivity contribution is 5.77. The maximum absolute atomic E-state index is 13.2. The lowest BCUT2D eigenvalue weighted by atomic mass is 10.0. The molecule has 6 nitrogen and oxygen atoms in total. The molecule has 0 fully saturated rings. The van der Waals surface area contributed by atoms with Gasteiger partial charge >= 0.3 is 5.97 Å². The first-order chi connectivity index (χ1) is 30.0. The van der Waals surface area contributed by atoms with Crippen LogP contribution in [0.3, 0.4) is 0 Å². The van der Waals surface area contributed by atoms with Crippen molar-refractivity contribution in [3.8, 4) is 0 Å². The minimum Gasteiger partial charge on any atom is -0.462 e. The molecular weight excluding hydrogens is 755 g/mol. The van der Waals surface area contributed by atoms with E-state index in [1.54, 1.807) is 0 Å². The normalized spacial score (nSPS) is 13.9. The lowest BCUT2D eigenvalue weighted by Gasteiger charge is -2.24. The van der Waals surface area contributed by atoms with Crippen molar-refractivity contribution in [3.63, 3.8) is 0 Å². The Morgan fingerprint density at radius 3 is 1.52 bits per heavy atom. The largest absolute Gasteiger partial charge is 0.462 e. The van der Waals surface area contributed by atoms with Gasteiger partial charge in [0.15, 0.2) is 0 Å². The van der Waals surface area contributed by atoms with Crippen LogP contribution in [-0.4, -0.2) is 46.9 Å². The van der Waals surface area contributed by atoms with E-state index in [1.165, 1.54) is 89.9 Å².